The van der Waals surface area contributed by atoms with Gasteiger partial charge in [-0.2, -0.15) is 0 Å². The summed E-state index contributed by atoms with van der Waals surface area (Å²) >= 11 is 0. The first-order valence-electron chi connectivity index (χ1n) is 13.1. The SMILES string of the molecule is CNC.Cc1nc2cc(C3=CCC4C3(C)CC=C3CC5(F)CC(O)CCC5CC[C@@]34O)ccc2o1. The van der Waals surface area contributed by atoms with Gasteiger partial charge in [-0.05, 0) is 87.4 Å². The average Bonchev–Trinajstić information content (AvgIpc) is 3.31. The second kappa shape index (κ2) is 8.82. The van der Waals surface area contributed by atoms with Gasteiger partial charge in [-0.15, -0.1) is 0 Å². The summed E-state index contributed by atoms with van der Waals surface area (Å²) in [7, 11) is 3.75. The van der Waals surface area contributed by atoms with Crippen molar-refractivity contribution in [2.45, 2.75) is 82.6 Å². The molecule has 2 saturated carbocycles. The molecule has 35 heavy (non-hydrogen) atoms. The molecule has 190 valence electrons. The van der Waals surface area contributed by atoms with E-state index in [1.807, 2.05) is 27.1 Å². The number of rotatable bonds is 1. The van der Waals surface area contributed by atoms with Crippen LogP contribution in [-0.4, -0.2) is 46.7 Å². The topological polar surface area (TPSA) is 78.5 Å². The van der Waals surface area contributed by atoms with E-state index in [0.717, 1.165) is 35.1 Å². The van der Waals surface area contributed by atoms with Gasteiger partial charge in [0.1, 0.15) is 11.2 Å². The molecule has 6 atom stereocenters. The molecule has 2 aromatic rings. The van der Waals surface area contributed by atoms with Crippen LogP contribution in [0.15, 0.2) is 40.3 Å². The lowest BCUT2D eigenvalue weighted by atomic mass is 9.58. The van der Waals surface area contributed by atoms with Crippen LogP contribution in [-0.2, 0) is 0 Å². The van der Waals surface area contributed by atoms with Crippen molar-refractivity contribution in [2.75, 3.05) is 14.1 Å². The normalized spacial score (nSPS) is 38.3. The number of oxazole rings is 1. The summed E-state index contributed by atoms with van der Waals surface area (Å²) in [6.07, 6.45) is 8.56. The van der Waals surface area contributed by atoms with Gasteiger partial charge >= 0.3 is 0 Å². The van der Waals surface area contributed by atoms with E-state index in [1.165, 1.54) is 5.57 Å². The van der Waals surface area contributed by atoms with Gasteiger partial charge in [-0.3, -0.25) is 0 Å². The first kappa shape index (κ1) is 24.7. The highest BCUT2D eigenvalue weighted by Gasteiger charge is 2.59. The Bertz CT molecular complexity index is 1170. The summed E-state index contributed by atoms with van der Waals surface area (Å²) in [6, 6.07) is 6.17. The fourth-order valence-electron chi connectivity index (χ4n) is 7.49. The molecule has 0 spiro atoms. The van der Waals surface area contributed by atoms with Crippen LogP contribution in [0.5, 0.6) is 0 Å². The number of aromatic nitrogens is 1. The molecular weight excluding hydrogens is 443 g/mol. The zero-order valence-corrected chi connectivity index (χ0v) is 21.4. The summed E-state index contributed by atoms with van der Waals surface area (Å²) in [5.41, 5.74) is 2.31. The van der Waals surface area contributed by atoms with Crippen LogP contribution < -0.4 is 5.32 Å². The average molecular weight is 483 g/mol. The van der Waals surface area contributed by atoms with Crippen LogP contribution in [0, 0.1) is 24.2 Å². The second-order valence-electron chi connectivity index (χ2n) is 11.5. The minimum absolute atomic E-state index is 0.0356. The van der Waals surface area contributed by atoms with Gasteiger partial charge in [-0.1, -0.05) is 25.1 Å². The highest BCUT2D eigenvalue weighted by molar-refractivity contribution is 5.82. The minimum Gasteiger partial charge on any atom is -0.441 e. The van der Waals surface area contributed by atoms with Gasteiger partial charge in [0.05, 0.1) is 11.7 Å². The number of nitrogens with zero attached hydrogens (tertiary/aromatic N) is 1. The van der Waals surface area contributed by atoms with E-state index >= 15 is 4.39 Å². The van der Waals surface area contributed by atoms with Gasteiger partial charge in [0.25, 0.3) is 0 Å². The van der Waals surface area contributed by atoms with Crippen molar-refractivity contribution < 1.29 is 19.0 Å². The van der Waals surface area contributed by atoms with Crippen molar-refractivity contribution in [3.8, 4) is 0 Å². The van der Waals surface area contributed by atoms with E-state index in [4.69, 9.17) is 4.42 Å². The molecule has 1 aromatic carbocycles. The zero-order valence-electron chi connectivity index (χ0n) is 21.4. The van der Waals surface area contributed by atoms with Gasteiger partial charge in [0.15, 0.2) is 11.5 Å². The monoisotopic (exact) mass is 482 g/mol. The predicted molar refractivity (Wildman–Crippen MR) is 137 cm³/mol. The molecule has 1 aromatic heterocycles. The van der Waals surface area contributed by atoms with E-state index < -0.39 is 17.4 Å². The maximum absolute atomic E-state index is 16.1. The third-order valence-electron chi connectivity index (χ3n) is 9.17. The number of allylic oxidation sites excluding steroid dienone is 3. The Morgan fingerprint density at radius 3 is 2.71 bits per heavy atom. The summed E-state index contributed by atoms with van der Waals surface area (Å²) in [5.74, 6) is 0.624. The van der Waals surface area contributed by atoms with Crippen molar-refractivity contribution in [3.63, 3.8) is 0 Å². The standard InChI is InChI=1S/C27H32FNO3.C2H7N/c1-16-29-22-13-17(3-7-23(22)32-16)21-6-8-24-25(21,2)11-9-19-14-26(28)15-20(30)5-4-18(26)10-12-27(19,24)31;1-3-2/h3,6-7,9,13,18,20,24,30-31H,4-5,8,10-12,14-15H2,1-2H3;3H,1-2H3/t18?,20?,24?,25?,26?,27-;/m1./s1. The molecule has 1 heterocycles. The number of aliphatic hydroxyl groups is 2. The highest BCUT2D eigenvalue weighted by atomic mass is 19.1. The molecule has 0 radical (unpaired) electrons. The molecule has 4 aliphatic rings. The van der Waals surface area contributed by atoms with Crippen molar-refractivity contribution in [3.05, 3.63) is 47.4 Å². The molecule has 2 fully saturated rings. The Labute approximate surface area is 207 Å². The maximum atomic E-state index is 16.1. The van der Waals surface area contributed by atoms with E-state index in [2.05, 4.69) is 41.5 Å². The zero-order chi connectivity index (χ0) is 25.0. The quantitative estimate of drug-likeness (QED) is 0.468. The summed E-state index contributed by atoms with van der Waals surface area (Å²) in [4.78, 5) is 4.50. The molecule has 5 unspecified atom stereocenters. The van der Waals surface area contributed by atoms with Crippen LogP contribution in [0.3, 0.4) is 0 Å². The molecular formula is C29H39FN2O3. The van der Waals surface area contributed by atoms with Crippen LogP contribution in [0.25, 0.3) is 16.7 Å². The van der Waals surface area contributed by atoms with E-state index in [0.29, 0.717) is 31.6 Å². The van der Waals surface area contributed by atoms with Crippen LogP contribution >= 0.6 is 0 Å². The molecule has 0 saturated heterocycles. The summed E-state index contributed by atoms with van der Waals surface area (Å²) < 4.78 is 21.7. The highest BCUT2D eigenvalue weighted by Crippen LogP contribution is 2.63. The number of aryl methyl sites for hydroxylation is 1. The number of fused-ring (bicyclic) bond motifs is 5. The molecule has 3 N–H and O–H groups in total. The smallest absolute Gasteiger partial charge is 0.192 e. The van der Waals surface area contributed by atoms with E-state index in [1.54, 1.807) is 0 Å². The molecule has 5 nitrogen and oxygen atoms in total. The number of nitrogens with one attached hydrogen (secondary N) is 1. The van der Waals surface area contributed by atoms with Gasteiger partial charge in [-0.25, -0.2) is 9.37 Å². The number of aliphatic hydroxyl groups excluding tert-OH is 1. The number of hydrogen-bond donors (Lipinski definition) is 3. The Hall–Kier alpha value is -2.02. The molecule has 0 aliphatic heterocycles. The lowest BCUT2D eigenvalue weighted by Crippen LogP contribution is -2.49. The Morgan fingerprint density at radius 2 is 1.94 bits per heavy atom. The fourth-order valence-corrected chi connectivity index (χ4v) is 7.49. The van der Waals surface area contributed by atoms with Gasteiger partial charge in [0.2, 0.25) is 0 Å². The number of benzene rings is 1. The molecule has 0 amide bonds. The summed E-state index contributed by atoms with van der Waals surface area (Å²) in [5, 5.41) is 25.0. The number of hydrogen-bond acceptors (Lipinski definition) is 5. The van der Waals surface area contributed by atoms with E-state index in [-0.39, 0.29) is 30.1 Å². The first-order valence-corrected chi connectivity index (χ1v) is 13.1. The molecule has 0 bridgehead atoms. The Kier molecular flexibility index (Phi) is 6.22. The second-order valence-corrected chi connectivity index (χ2v) is 11.5. The summed E-state index contributed by atoms with van der Waals surface area (Å²) in [6.45, 7) is 4.11. The van der Waals surface area contributed by atoms with Gasteiger partial charge < -0.3 is 19.9 Å². The third kappa shape index (κ3) is 3.98. The number of alkyl halides is 1. The van der Waals surface area contributed by atoms with Gasteiger partial charge in [0, 0.05) is 31.1 Å². The third-order valence-corrected chi connectivity index (χ3v) is 9.17. The maximum Gasteiger partial charge on any atom is 0.192 e. The lowest BCUT2D eigenvalue weighted by Gasteiger charge is -2.49. The Morgan fingerprint density at radius 1 is 1.17 bits per heavy atom. The van der Waals surface area contributed by atoms with Crippen molar-refractivity contribution in [2.24, 2.45) is 17.3 Å². The fraction of sp³-hybridized carbons (Fsp3) is 0.621. The van der Waals surface area contributed by atoms with Crippen molar-refractivity contribution >= 4 is 16.7 Å². The van der Waals surface area contributed by atoms with Crippen LogP contribution in [0.2, 0.25) is 0 Å². The van der Waals surface area contributed by atoms with Crippen molar-refractivity contribution in [1.29, 1.82) is 0 Å². The molecule has 6 heteroatoms. The van der Waals surface area contributed by atoms with Crippen molar-refractivity contribution in [1.82, 2.24) is 10.3 Å². The molecule has 4 aliphatic carbocycles. The van der Waals surface area contributed by atoms with Crippen LogP contribution in [0.1, 0.15) is 69.7 Å². The molecule has 6 rings (SSSR count). The minimum atomic E-state index is -1.40. The first-order chi connectivity index (χ1) is 16.6. The number of halogens is 1. The Balaban J connectivity index is 0.000000806. The predicted octanol–water partition coefficient (Wildman–Crippen LogP) is 5.50. The van der Waals surface area contributed by atoms with Crippen LogP contribution in [0.4, 0.5) is 4.39 Å². The largest absolute Gasteiger partial charge is 0.441 e. The lowest BCUT2D eigenvalue weighted by molar-refractivity contribution is -0.0359. The van der Waals surface area contributed by atoms with E-state index in [9.17, 15) is 10.2 Å².